The van der Waals surface area contributed by atoms with Crippen LogP contribution >= 0.6 is 0 Å². The van der Waals surface area contributed by atoms with Crippen molar-refractivity contribution in [1.29, 1.82) is 0 Å². The lowest BCUT2D eigenvalue weighted by Gasteiger charge is -2.33. The van der Waals surface area contributed by atoms with Crippen molar-refractivity contribution in [2.75, 3.05) is 36.8 Å². The van der Waals surface area contributed by atoms with Gasteiger partial charge in [-0.3, -0.25) is 4.90 Å². The molecule has 0 fully saturated rings. The number of nitrogens with one attached hydrogen (secondary N) is 2. The first-order valence-electron chi connectivity index (χ1n) is 15.5. The fraction of sp³-hybridized carbons (Fsp3) is 0.385. The van der Waals surface area contributed by atoms with Gasteiger partial charge in [0.2, 0.25) is 0 Å². The predicted octanol–water partition coefficient (Wildman–Crippen LogP) is 9.39. The molecule has 0 heterocycles. The quantitative estimate of drug-likeness (QED) is 0.191. The van der Waals surface area contributed by atoms with E-state index in [0.29, 0.717) is 0 Å². The van der Waals surface area contributed by atoms with Crippen molar-refractivity contribution in [3.63, 3.8) is 0 Å². The maximum atomic E-state index is 3.86. The molecule has 0 spiro atoms. The summed E-state index contributed by atoms with van der Waals surface area (Å²) in [5, 5.41) is 7.73. The molecule has 222 valence electrons. The molecule has 0 aliphatic rings. The minimum Gasteiger partial charge on any atom is -0.383 e. The van der Waals surface area contributed by atoms with Crippen molar-refractivity contribution in [3.05, 3.63) is 127 Å². The molecule has 3 nitrogen and oxygen atoms in total. The third kappa shape index (κ3) is 6.42. The highest BCUT2D eigenvalue weighted by atomic mass is 15.2. The molecule has 2 N–H and O–H groups in total. The number of benzene rings is 4. The van der Waals surface area contributed by atoms with Crippen molar-refractivity contribution >= 4 is 11.4 Å². The average molecular weight is 562 g/mol. The second kappa shape index (κ2) is 13.6. The van der Waals surface area contributed by atoms with Gasteiger partial charge in [-0.25, -0.2) is 0 Å². The van der Waals surface area contributed by atoms with Crippen LogP contribution < -0.4 is 10.6 Å². The highest BCUT2D eigenvalue weighted by molar-refractivity contribution is 5.65. The summed E-state index contributed by atoms with van der Waals surface area (Å²) in [6.45, 7) is 26.1. The lowest BCUT2D eigenvalue weighted by atomic mass is 9.93. The second-order valence-electron chi connectivity index (χ2n) is 12.1. The largest absolute Gasteiger partial charge is 0.383 e. The lowest BCUT2D eigenvalue weighted by Crippen LogP contribution is -2.37. The summed E-state index contributed by atoms with van der Waals surface area (Å²) >= 11 is 0. The third-order valence-electron chi connectivity index (χ3n) is 10.00. The molecular weight excluding hydrogens is 510 g/mol. The Kier molecular flexibility index (Phi) is 10.2. The topological polar surface area (TPSA) is 27.3 Å². The zero-order chi connectivity index (χ0) is 30.6. The molecule has 0 saturated heterocycles. The summed E-state index contributed by atoms with van der Waals surface area (Å²) < 4.78 is 0. The van der Waals surface area contributed by atoms with Crippen molar-refractivity contribution in [2.45, 2.75) is 75.3 Å². The first-order valence-corrected chi connectivity index (χ1v) is 15.5. The molecule has 3 heteroatoms. The Morgan fingerprint density at radius 2 is 0.714 bits per heavy atom. The van der Waals surface area contributed by atoms with E-state index in [0.717, 1.165) is 26.2 Å². The van der Waals surface area contributed by atoms with Crippen LogP contribution in [0.4, 0.5) is 11.4 Å². The summed E-state index contributed by atoms with van der Waals surface area (Å²) in [5.74, 6) is 0. The predicted molar refractivity (Wildman–Crippen MR) is 184 cm³/mol. The van der Waals surface area contributed by atoms with E-state index in [1.807, 2.05) is 0 Å². The van der Waals surface area contributed by atoms with E-state index >= 15 is 0 Å². The summed E-state index contributed by atoms with van der Waals surface area (Å²) in [6, 6.07) is 22.1. The van der Waals surface area contributed by atoms with Crippen molar-refractivity contribution < 1.29 is 0 Å². The number of hydrogen-bond donors (Lipinski definition) is 2. The normalized spacial score (nSPS) is 11.4. The summed E-state index contributed by atoms with van der Waals surface area (Å²) in [5.41, 5.74) is 19.1. The molecule has 0 saturated carbocycles. The van der Waals surface area contributed by atoms with E-state index in [4.69, 9.17) is 0 Å². The summed E-state index contributed by atoms with van der Waals surface area (Å²) in [4.78, 5) is 2.64. The molecule has 4 aromatic carbocycles. The molecular formula is C39H51N3. The fourth-order valence-corrected chi connectivity index (χ4v) is 6.43. The third-order valence-corrected chi connectivity index (χ3v) is 10.00. The standard InChI is InChI=1S/C39H51N3/c1-25-27(3)31(7)37(32(8)28(25)4)40-21-23-42(24-22-41-38-33(9)29(5)26(2)30(6)34(38)10)39(35-17-13-11-14-18-35)36-19-15-12-16-20-36/h11-20,39-41H,21-24H2,1-10H3. The molecule has 4 rings (SSSR count). The van der Waals surface area contributed by atoms with Crippen molar-refractivity contribution in [2.24, 2.45) is 0 Å². The van der Waals surface area contributed by atoms with Crippen LogP contribution in [-0.4, -0.2) is 31.1 Å². The number of rotatable bonds is 11. The van der Waals surface area contributed by atoms with E-state index in [1.165, 1.54) is 78.1 Å². The van der Waals surface area contributed by atoms with Crippen LogP contribution in [0.2, 0.25) is 0 Å². The number of anilines is 2. The average Bonchev–Trinajstić information content (AvgIpc) is 3.01. The molecule has 42 heavy (non-hydrogen) atoms. The smallest absolute Gasteiger partial charge is 0.0603 e. The van der Waals surface area contributed by atoms with Gasteiger partial charge in [-0.15, -0.1) is 0 Å². The van der Waals surface area contributed by atoms with Gasteiger partial charge in [0.1, 0.15) is 0 Å². The van der Waals surface area contributed by atoms with E-state index < -0.39 is 0 Å². The molecule has 4 aromatic rings. The van der Waals surface area contributed by atoms with Crippen molar-refractivity contribution in [1.82, 2.24) is 4.90 Å². The Morgan fingerprint density at radius 3 is 1.02 bits per heavy atom. The number of hydrogen-bond acceptors (Lipinski definition) is 3. The second-order valence-corrected chi connectivity index (χ2v) is 12.1. The Labute approximate surface area is 255 Å². The van der Waals surface area contributed by atoms with Gasteiger partial charge in [0.05, 0.1) is 6.04 Å². The molecule has 0 unspecified atom stereocenters. The van der Waals surface area contributed by atoms with E-state index in [1.54, 1.807) is 0 Å². The van der Waals surface area contributed by atoms with Crippen molar-refractivity contribution in [3.8, 4) is 0 Å². The van der Waals surface area contributed by atoms with Gasteiger partial charge in [-0.1, -0.05) is 60.7 Å². The Morgan fingerprint density at radius 1 is 0.429 bits per heavy atom. The van der Waals surface area contributed by atoms with Gasteiger partial charge in [0.15, 0.2) is 0 Å². The monoisotopic (exact) mass is 561 g/mol. The van der Waals surface area contributed by atoms with E-state index in [2.05, 4.69) is 145 Å². The molecule has 0 aliphatic heterocycles. The summed E-state index contributed by atoms with van der Waals surface area (Å²) in [7, 11) is 0. The molecule has 0 radical (unpaired) electrons. The van der Waals surface area contributed by atoms with Crippen LogP contribution in [0.5, 0.6) is 0 Å². The van der Waals surface area contributed by atoms with Gasteiger partial charge in [0.25, 0.3) is 0 Å². The van der Waals surface area contributed by atoms with Gasteiger partial charge in [-0.05, 0) is 136 Å². The van der Waals surface area contributed by atoms with Crippen LogP contribution in [0, 0.1) is 69.2 Å². The Bertz CT molecular complexity index is 1350. The zero-order valence-electron chi connectivity index (χ0n) is 27.6. The molecule has 0 atom stereocenters. The SMILES string of the molecule is Cc1c(C)c(C)c(NCCN(CCNc2c(C)c(C)c(C)c(C)c2C)C(c2ccccc2)c2ccccc2)c(C)c1C. The van der Waals surface area contributed by atoms with E-state index in [9.17, 15) is 0 Å². The van der Waals surface area contributed by atoms with Gasteiger partial charge >= 0.3 is 0 Å². The highest BCUT2D eigenvalue weighted by Gasteiger charge is 2.23. The lowest BCUT2D eigenvalue weighted by molar-refractivity contribution is 0.243. The van der Waals surface area contributed by atoms with Gasteiger partial charge in [-0.2, -0.15) is 0 Å². The van der Waals surface area contributed by atoms with Crippen LogP contribution in [0.25, 0.3) is 0 Å². The highest BCUT2D eigenvalue weighted by Crippen LogP contribution is 2.33. The first kappa shape index (κ1) is 31.4. The minimum absolute atomic E-state index is 0.170. The van der Waals surface area contributed by atoms with Gasteiger partial charge < -0.3 is 10.6 Å². The maximum Gasteiger partial charge on any atom is 0.0603 e. The Balaban J connectivity index is 1.64. The molecule has 0 amide bonds. The first-order chi connectivity index (χ1) is 20.0. The van der Waals surface area contributed by atoms with Gasteiger partial charge in [0, 0.05) is 37.6 Å². The minimum atomic E-state index is 0.170. The summed E-state index contributed by atoms with van der Waals surface area (Å²) in [6.07, 6.45) is 0. The molecule has 0 aliphatic carbocycles. The Hall–Kier alpha value is -3.56. The van der Waals surface area contributed by atoms with Crippen LogP contribution in [-0.2, 0) is 0 Å². The van der Waals surface area contributed by atoms with Crippen LogP contribution in [0.15, 0.2) is 60.7 Å². The molecule has 0 bridgehead atoms. The molecule has 0 aromatic heterocycles. The van der Waals surface area contributed by atoms with Crippen LogP contribution in [0.3, 0.4) is 0 Å². The fourth-order valence-electron chi connectivity index (χ4n) is 6.43. The van der Waals surface area contributed by atoms with Crippen LogP contribution in [0.1, 0.15) is 72.8 Å². The van der Waals surface area contributed by atoms with E-state index in [-0.39, 0.29) is 6.04 Å². The zero-order valence-corrected chi connectivity index (χ0v) is 27.6. The number of nitrogens with zero attached hydrogens (tertiary/aromatic N) is 1. The maximum absolute atomic E-state index is 3.86.